The molecule has 100 valence electrons. The van der Waals surface area contributed by atoms with Crippen molar-refractivity contribution in [2.75, 3.05) is 6.61 Å². The van der Waals surface area contributed by atoms with Gasteiger partial charge in [0.05, 0.1) is 6.61 Å². The molecule has 0 N–H and O–H groups in total. The number of rotatable bonds is 7. The molecule has 1 unspecified atom stereocenters. The van der Waals surface area contributed by atoms with Gasteiger partial charge in [0.2, 0.25) is 0 Å². The highest BCUT2D eigenvalue weighted by molar-refractivity contribution is 6.04. The molecule has 0 spiro atoms. The molecule has 4 nitrogen and oxygen atoms in total. The first-order valence-electron chi connectivity index (χ1n) is 6.86. The van der Waals surface area contributed by atoms with Crippen LogP contribution in [0.1, 0.15) is 45.4 Å². The number of hydrogen-bond donors (Lipinski definition) is 0. The molecule has 0 saturated heterocycles. The summed E-state index contributed by atoms with van der Waals surface area (Å²) in [5, 5.41) is 0. The smallest absolute Gasteiger partial charge is 0.316 e. The largest absolute Gasteiger partial charge is 0.465 e. The molecule has 0 aromatic carbocycles. The summed E-state index contributed by atoms with van der Waals surface area (Å²) in [7, 11) is 0. The molecule has 0 aliphatic heterocycles. The Labute approximate surface area is 107 Å². The van der Waals surface area contributed by atoms with Gasteiger partial charge in [-0.25, -0.2) is 0 Å². The Balaban J connectivity index is 1.96. The summed E-state index contributed by atoms with van der Waals surface area (Å²) in [6.07, 6.45) is 4.66. The van der Waals surface area contributed by atoms with Crippen LogP contribution in [0.4, 0.5) is 0 Å². The lowest BCUT2D eigenvalue weighted by Crippen LogP contribution is -2.33. The van der Waals surface area contributed by atoms with Crippen LogP contribution in [-0.4, -0.2) is 24.1 Å². The normalized spacial score (nSPS) is 20.9. The van der Waals surface area contributed by atoms with Crippen molar-refractivity contribution in [1.82, 2.24) is 0 Å². The number of hydrogen-bond acceptors (Lipinski definition) is 4. The number of carbonyl (C=O) groups is 3. The summed E-state index contributed by atoms with van der Waals surface area (Å²) in [4.78, 5) is 35.8. The second-order valence-corrected chi connectivity index (χ2v) is 5.28. The Kier molecular flexibility index (Phi) is 4.15. The minimum Gasteiger partial charge on any atom is -0.465 e. The molecule has 2 aliphatic carbocycles. The van der Waals surface area contributed by atoms with Gasteiger partial charge in [-0.05, 0) is 32.6 Å². The van der Waals surface area contributed by atoms with E-state index in [2.05, 4.69) is 0 Å². The molecule has 0 amide bonds. The van der Waals surface area contributed by atoms with Gasteiger partial charge in [0.25, 0.3) is 0 Å². The van der Waals surface area contributed by atoms with E-state index in [4.69, 9.17) is 4.74 Å². The van der Waals surface area contributed by atoms with Crippen molar-refractivity contribution in [1.29, 1.82) is 0 Å². The number of ketones is 2. The summed E-state index contributed by atoms with van der Waals surface area (Å²) in [6, 6.07) is 0. The first-order chi connectivity index (χ1) is 8.63. The van der Waals surface area contributed by atoms with Crippen LogP contribution in [0.15, 0.2) is 0 Å². The lowest BCUT2D eigenvalue weighted by molar-refractivity contribution is -0.154. The van der Waals surface area contributed by atoms with Crippen LogP contribution < -0.4 is 0 Å². The number of Topliss-reactive ketones (excluding diaryl/α,β-unsaturated/α-hetero) is 2. The van der Waals surface area contributed by atoms with Gasteiger partial charge in [-0.1, -0.05) is 6.42 Å². The van der Waals surface area contributed by atoms with E-state index in [-0.39, 0.29) is 36.4 Å². The fourth-order valence-electron chi connectivity index (χ4n) is 2.29. The van der Waals surface area contributed by atoms with E-state index in [1.165, 1.54) is 0 Å². The van der Waals surface area contributed by atoms with Crippen LogP contribution in [0.5, 0.6) is 0 Å². The molecule has 0 radical (unpaired) electrons. The molecule has 2 saturated carbocycles. The van der Waals surface area contributed by atoms with Crippen LogP contribution in [0.3, 0.4) is 0 Å². The minimum absolute atomic E-state index is 0.00593. The van der Waals surface area contributed by atoms with Crippen LogP contribution in [0.25, 0.3) is 0 Å². The van der Waals surface area contributed by atoms with Gasteiger partial charge < -0.3 is 4.74 Å². The second kappa shape index (κ2) is 5.63. The molecule has 0 aromatic rings. The molecule has 18 heavy (non-hydrogen) atoms. The molecular weight excluding hydrogens is 232 g/mol. The number of ether oxygens (including phenoxy) is 1. The van der Waals surface area contributed by atoms with Gasteiger partial charge in [-0.3, -0.25) is 14.4 Å². The van der Waals surface area contributed by atoms with Gasteiger partial charge in [-0.2, -0.15) is 0 Å². The molecule has 0 aromatic heterocycles. The van der Waals surface area contributed by atoms with Crippen LogP contribution in [-0.2, 0) is 19.1 Å². The Bertz CT molecular complexity index is 353. The van der Waals surface area contributed by atoms with Crippen LogP contribution >= 0.6 is 0 Å². The van der Waals surface area contributed by atoms with Crippen LogP contribution in [0, 0.1) is 17.8 Å². The van der Waals surface area contributed by atoms with E-state index in [9.17, 15) is 14.4 Å². The third kappa shape index (κ3) is 2.98. The highest BCUT2D eigenvalue weighted by atomic mass is 16.5. The Morgan fingerprint density at radius 2 is 1.78 bits per heavy atom. The zero-order chi connectivity index (χ0) is 13.1. The average Bonchev–Trinajstić information content (AvgIpc) is 3.06. The molecule has 2 rings (SSSR count). The Morgan fingerprint density at radius 3 is 2.22 bits per heavy atom. The molecule has 0 bridgehead atoms. The van der Waals surface area contributed by atoms with Gasteiger partial charge in [0.1, 0.15) is 11.7 Å². The van der Waals surface area contributed by atoms with E-state index < -0.39 is 11.9 Å². The first-order valence-corrected chi connectivity index (χ1v) is 6.86. The fraction of sp³-hybridized carbons (Fsp3) is 0.786. The second-order valence-electron chi connectivity index (χ2n) is 5.28. The lowest BCUT2D eigenvalue weighted by Gasteiger charge is -2.25. The maximum atomic E-state index is 12.0. The van der Waals surface area contributed by atoms with Crippen molar-refractivity contribution < 1.29 is 19.1 Å². The van der Waals surface area contributed by atoms with Crippen LogP contribution in [0.2, 0.25) is 0 Å². The maximum absolute atomic E-state index is 12.0. The summed E-state index contributed by atoms with van der Waals surface area (Å²) in [5.41, 5.74) is 0. The van der Waals surface area contributed by atoms with E-state index >= 15 is 0 Å². The van der Waals surface area contributed by atoms with E-state index in [1.54, 1.807) is 6.92 Å². The minimum atomic E-state index is -0.842. The van der Waals surface area contributed by atoms with E-state index in [0.29, 0.717) is 0 Å². The average molecular weight is 252 g/mol. The van der Waals surface area contributed by atoms with E-state index in [1.807, 2.05) is 0 Å². The molecule has 2 fully saturated rings. The third-order valence-electron chi connectivity index (χ3n) is 3.86. The van der Waals surface area contributed by atoms with Gasteiger partial charge in [0.15, 0.2) is 5.78 Å². The molecular formula is C14H20O4. The van der Waals surface area contributed by atoms with Gasteiger partial charge in [-0.15, -0.1) is 0 Å². The molecule has 2 aliphatic rings. The summed E-state index contributed by atoms with van der Waals surface area (Å²) < 4.78 is 4.92. The maximum Gasteiger partial charge on any atom is 0.316 e. The topological polar surface area (TPSA) is 60.4 Å². The third-order valence-corrected chi connectivity index (χ3v) is 3.86. The summed E-state index contributed by atoms with van der Waals surface area (Å²) in [5.74, 6) is -1.30. The SMILES string of the molecule is CCOC(=O)C(CC(=O)C1CCC1)C(=O)C1CC1. The van der Waals surface area contributed by atoms with Gasteiger partial charge in [0, 0.05) is 18.3 Å². The zero-order valence-electron chi connectivity index (χ0n) is 10.8. The van der Waals surface area contributed by atoms with Crippen molar-refractivity contribution in [3.63, 3.8) is 0 Å². The van der Waals surface area contributed by atoms with Crippen molar-refractivity contribution in [3.05, 3.63) is 0 Å². The Hall–Kier alpha value is -1.19. The predicted molar refractivity (Wildman–Crippen MR) is 64.8 cm³/mol. The zero-order valence-corrected chi connectivity index (χ0v) is 10.8. The van der Waals surface area contributed by atoms with E-state index in [0.717, 1.165) is 32.1 Å². The number of carbonyl (C=O) groups excluding carboxylic acids is 3. The highest BCUT2D eigenvalue weighted by Crippen LogP contribution is 2.35. The first kappa shape index (κ1) is 13.2. The lowest BCUT2D eigenvalue weighted by atomic mass is 9.78. The van der Waals surface area contributed by atoms with Gasteiger partial charge >= 0.3 is 5.97 Å². The Morgan fingerprint density at radius 1 is 1.11 bits per heavy atom. The predicted octanol–water partition coefficient (Wildman–Crippen LogP) is 1.90. The monoisotopic (exact) mass is 252 g/mol. The molecule has 4 heteroatoms. The quantitative estimate of drug-likeness (QED) is 0.513. The van der Waals surface area contributed by atoms with Crippen molar-refractivity contribution in [2.24, 2.45) is 17.8 Å². The van der Waals surface area contributed by atoms with Crippen molar-refractivity contribution in [2.45, 2.75) is 45.4 Å². The highest BCUT2D eigenvalue weighted by Gasteiger charge is 2.41. The standard InChI is InChI=1S/C14H20O4/c1-2-18-14(17)11(13(16)10-6-7-10)8-12(15)9-4-3-5-9/h9-11H,2-8H2,1H3. The molecule has 1 atom stereocenters. The summed E-state index contributed by atoms with van der Waals surface area (Å²) in [6.45, 7) is 1.97. The van der Waals surface area contributed by atoms with Crippen molar-refractivity contribution in [3.8, 4) is 0 Å². The summed E-state index contributed by atoms with van der Waals surface area (Å²) >= 11 is 0. The van der Waals surface area contributed by atoms with Crippen molar-refractivity contribution >= 4 is 17.5 Å². The number of esters is 1. The fourth-order valence-corrected chi connectivity index (χ4v) is 2.29. The molecule has 0 heterocycles.